The van der Waals surface area contributed by atoms with Gasteiger partial charge in [0.05, 0.1) is 55.1 Å². The second-order valence-electron chi connectivity index (χ2n) is 6.36. The van der Waals surface area contributed by atoms with Gasteiger partial charge in [-0.2, -0.15) is 0 Å². The van der Waals surface area contributed by atoms with Crippen molar-refractivity contribution in [1.29, 1.82) is 0 Å². The van der Waals surface area contributed by atoms with E-state index >= 15 is 0 Å². The molecule has 0 aliphatic rings. The summed E-state index contributed by atoms with van der Waals surface area (Å²) in [6.07, 6.45) is 0. The van der Waals surface area contributed by atoms with Crippen LogP contribution in [0.2, 0.25) is 0 Å². The minimum absolute atomic E-state index is 0.254. The quantitative estimate of drug-likeness (QED) is 0.429. The first-order valence-electron chi connectivity index (χ1n) is 9.35. The third kappa shape index (κ3) is 4.25. The van der Waals surface area contributed by atoms with E-state index in [1.165, 1.54) is 21.3 Å². The first-order valence-corrected chi connectivity index (χ1v) is 9.35. The molecular formula is C24H21NO6. The SMILES string of the molecule is COC(=O)c1ccccc1N(c1ccccc1C(=O)OC)c1ccccc1C(=O)OC. The van der Waals surface area contributed by atoms with Crippen LogP contribution in [-0.4, -0.2) is 39.2 Å². The van der Waals surface area contributed by atoms with Gasteiger partial charge in [0.15, 0.2) is 0 Å². The molecule has 0 heterocycles. The van der Waals surface area contributed by atoms with Crippen LogP contribution in [0.15, 0.2) is 72.8 Å². The van der Waals surface area contributed by atoms with E-state index in [1.807, 2.05) is 0 Å². The molecule has 0 saturated carbocycles. The van der Waals surface area contributed by atoms with Gasteiger partial charge in [-0.1, -0.05) is 36.4 Å². The van der Waals surface area contributed by atoms with E-state index in [4.69, 9.17) is 14.2 Å². The molecule has 0 aliphatic heterocycles. The molecule has 0 aromatic heterocycles. The van der Waals surface area contributed by atoms with Crippen LogP contribution in [0.25, 0.3) is 0 Å². The van der Waals surface area contributed by atoms with Crippen LogP contribution in [0, 0.1) is 0 Å². The molecule has 0 saturated heterocycles. The number of para-hydroxylation sites is 3. The van der Waals surface area contributed by atoms with E-state index in [0.717, 1.165) is 0 Å². The molecule has 3 aromatic carbocycles. The topological polar surface area (TPSA) is 82.1 Å². The van der Waals surface area contributed by atoms with Gasteiger partial charge in [0, 0.05) is 0 Å². The molecule has 0 fully saturated rings. The molecule has 7 heteroatoms. The second kappa shape index (κ2) is 9.58. The molecule has 31 heavy (non-hydrogen) atoms. The first kappa shape index (κ1) is 21.6. The van der Waals surface area contributed by atoms with Gasteiger partial charge >= 0.3 is 17.9 Å². The number of rotatable bonds is 6. The van der Waals surface area contributed by atoms with Gasteiger partial charge in [0.2, 0.25) is 0 Å². The Kier molecular flexibility index (Phi) is 6.67. The summed E-state index contributed by atoms with van der Waals surface area (Å²) in [6.45, 7) is 0. The van der Waals surface area contributed by atoms with E-state index < -0.39 is 17.9 Å². The molecule has 0 unspecified atom stereocenters. The van der Waals surface area contributed by atoms with Crippen molar-refractivity contribution < 1.29 is 28.6 Å². The highest BCUT2D eigenvalue weighted by Gasteiger charge is 2.27. The lowest BCUT2D eigenvalue weighted by atomic mass is 10.0. The van der Waals surface area contributed by atoms with E-state index in [0.29, 0.717) is 17.1 Å². The highest BCUT2D eigenvalue weighted by atomic mass is 16.5. The van der Waals surface area contributed by atoms with Crippen molar-refractivity contribution in [3.8, 4) is 0 Å². The predicted molar refractivity (Wildman–Crippen MR) is 115 cm³/mol. The Hall–Kier alpha value is -4.13. The fraction of sp³-hybridized carbons (Fsp3) is 0.125. The number of benzene rings is 3. The number of nitrogens with zero attached hydrogens (tertiary/aromatic N) is 1. The molecule has 0 amide bonds. The number of carbonyl (C=O) groups is 3. The molecule has 0 N–H and O–H groups in total. The minimum atomic E-state index is -0.563. The zero-order valence-corrected chi connectivity index (χ0v) is 17.3. The monoisotopic (exact) mass is 419 g/mol. The maximum atomic E-state index is 12.5. The van der Waals surface area contributed by atoms with E-state index in [9.17, 15) is 14.4 Å². The van der Waals surface area contributed by atoms with Crippen molar-refractivity contribution in [3.05, 3.63) is 89.5 Å². The second-order valence-corrected chi connectivity index (χ2v) is 6.36. The van der Waals surface area contributed by atoms with Gasteiger partial charge in [0.25, 0.3) is 0 Å². The fourth-order valence-electron chi connectivity index (χ4n) is 3.24. The van der Waals surface area contributed by atoms with Crippen LogP contribution >= 0.6 is 0 Å². The molecule has 158 valence electrons. The number of esters is 3. The Bertz CT molecular complexity index is 983. The lowest BCUT2D eigenvalue weighted by molar-refractivity contribution is 0.0594. The Morgan fingerprint density at radius 3 is 1.03 bits per heavy atom. The standard InChI is InChI=1S/C24H21NO6/c1-29-22(26)16-10-4-7-13-19(16)25(20-14-8-5-11-17(20)23(27)30-2)21-15-9-6-12-18(21)24(28)31-3/h4-15H,1-3H3. The Balaban J connectivity index is 2.39. The molecule has 0 bridgehead atoms. The third-order valence-electron chi connectivity index (χ3n) is 4.65. The van der Waals surface area contributed by atoms with E-state index in [1.54, 1.807) is 77.7 Å². The van der Waals surface area contributed by atoms with Crippen molar-refractivity contribution in [1.82, 2.24) is 0 Å². The zero-order chi connectivity index (χ0) is 22.4. The smallest absolute Gasteiger partial charge is 0.339 e. The molecule has 0 aliphatic carbocycles. The van der Waals surface area contributed by atoms with E-state index in [2.05, 4.69) is 0 Å². The van der Waals surface area contributed by atoms with Crippen LogP contribution in [0.5, 0.6) is 0 Å². The summed E-state index contributed by atoms with van der Waals surface area (Å²) in [5, 5.41) is 0. The molecule has 7 nitrogen and oxygen atoms in total. The molecule has 0 spiro atoms. The summed E-state index contributed by atoms with van der Waals surface area (Å²) < 4.78 is 14.8. The Morgan fingerprint density at radius 1 is 0.516 bits per heavy atom. The summed E-state index contributed by atoms with van der Waals surface area (Å²) in [4.78, 5) is 39.2. The lowest BCUT2D eigenvalue weighted by Crippen LogP contribution is -2.20. The molecular weight excluding hydrogens is 398 g/mol. The number of ether oxygens (including phenoxy) is 3. The number of hydrogen-bond acceptors (Lipinski definition) is 7. The number of methoxy groups -OCH3 is 3. The maximum Gasteiger partial charge on any atom is 0.339 e. The average molecular weight is 419 g/mol. The van der Waals surface area contributed by atoms with Crippen LogP contribution < -0.4 is 4.90 Å². The Labute approximate surface area is 179 Å². The van der Waals surface area contributed by atoms with Crippen molar-refractivity contribution in [2.75, 3.05) is 26.2 Å². The summed E-state index contributed by atoms with van der Waals surface area (Å²) in [7, 11) is 3.86. The molecule has 3 aromatic rings. The Morgan fingerprint density at radius 2 is 0.774 bits per heavy atom. The summed E-state index contributed by atoms with van der Waals surface area (Å²) >= 11 is 0. The third-order valence-corrected chi connectivity index (χ3v) is 4.65. The van der Waals surface area contributed by atoms with Crippen LogP contribution in [-0.2, 0) is 14.2 Å². The molecule has 3 rings (SSSR count). The van der Waals surface area contributed by atoms with Crippen LogP contribution in [0.3, 0.4) is 0 Å². The summed E-state index contributed by atoms with van der Waals surface area (Å²) in [5.41, 5.74) is 2.02. The lowest BCUT2D eigenvalue weighted by Gasteiger charge is -2.29. The van der Waals surface area contributed by atoms with Crippen molar-refractivity contribution in [3.63, 3.8) is 0 Å². The van der Waals surface area contributed by atoms with Gasteiger partial charge in [-0.25, -0.2) is 14.4 Å². The zero-order valence-electron chi connectivity index (χ0n) is 17.3. The van der Waals surface area contributed by atoms with Crippen molar-refractivity contribution in [2.24, 2.45) is 0 Å². The predicted octanol–water partition coefficient (Wildman–Crippen LogP) is 4.52. The number of anilines is 3. The average Bonchev–Trinajstić information content (AvgIpc) is 2.83. The largest absolute Gasteiger partial charge is 0.465 e. The normalized spacial score (nSPS) is 10.2. The maximum absolute atomic E-state index is 12.5. The van der Waals surface area contributed by atoms with Crippen molar-refractivity contribution in [2.45, 2.75) is 0 Å². The minimum Gasteiger partial charge on any atom is -0.465 e. The van der Waals surface area contributed by atoms with Crippen LogP contribution in [0.1, 0.15) is 31.1 Å². The van der Waals surface area contributed by atoms with Gasteiger partial charge in [-0.3, -0.25) is 0 Å². The molecule has 0 atom stereocenters. The van der Waals surface area contributed by atoms with Gasteiger partial charge < -0.3 is 19.1 Å². The number of hydrogen-bond donors (Lipinski definition) is 0. The first-order chi connectivity index (χ1) is 15.0. The highest BCUT2D eigenvalue weighted by molar-refractivity contribution is 6.06. The summed E-state index contributed by atoms with van der Waals surface area (Å²) in [6, 6.07) is 20.3. The van der Waals surface area contributed by atoms with Crippen molar-refractivity contribution >= 4 is 35.0 Å². The molecule has 0 radical (unpaired) electrons. The van der Waals surface area contributed by atoms with Crippen LogP contribution in [0.4, 0.5) is 17.1 Å². The van der Waals surface area contributed by atoms with E-state index in [-0.39, 0.29) is 16.7 Å². The van der Waals surface area contributed by atoms with Gasteiger partial charge in [0.1, 0.15) is 0 Å². The van der Waals surface area contributed by atoms with Gasteiger partial charge in [-0.05, 0) is 36.4 Å². The highest BCUT2D eigenvalue weighted by Crippen LogP contribution is 2.40. The fourth-order valence-corrected chi connectivity index (χ4v) is 3.24. The number of carbonyl (C=O) groups excluding carboxylic acids is 3. The summed E-state index contributed by atoms with van der Waals surface area (Å²) in [5.74, 6) is -1.69. The van der Waals surface area contributed by atoms with Gasteiger partial charge in [-0.15, -0.1) is 0 Å².